The van der Waals surface area contributed by atoms with Gasteiger partial charge in [-0.15, -0.1) is 0 Å². The van der Waals surface area contributed by atoms with Gasteiger partial charge in [-0.2, -0.15) is 0 Å². The van der Waals surface area contributed by atoms with Crippen molar-refractivity contribution >= 4 is 22.0 Å². The summed E-state index contributed by atoms with van der Waals surface area (Å²) in [6.45, 7) is 4.17. The van der Waals surface area contributed by atoms with Crippen LogP contribution in [0.3, 0.4) is 0 Å². The predicted octanol–water partition coefficient (Wildman–Crippen LogP) is 2.50. The molecule has 2 amide bonds. The Kier molecular flexibility index (Phi) is 5.21. The number of urea groups is 1. The second-order valence-electron chi connectivity index (χ2n) is 4.56. The number of nitrogens with zero attached hydrogens (tertiary/aromatic N) is 3. The highest BCUT2D eigenvalue weighted by atomic mass is 79.9. The molecule has 2 heterocycles. The van der Waals surface area contributed by atoms with E-state index in [1.165, 1.54) is 0 Å². The fraction of sp³-hybridized carbons (Fsp3) is 0.286. The monoisotopic (exact) mass is 349 g/mol. The molecule has 110 valence electrons. The molecular formula is C14H16BrN5O. The Morgan fingerprint density at radius 3 is 2.71 bits per heavy atom. The molecule has 0 saturated carbocycles. The second-order valence-corrected chi connectivity index (χ2v) is 5.47. The van der Waals surface area contributed by atoms with Gasteiger partial charge in [-0.1, -0.05) is 6.07 Å². The van der Waals surface area contributed by atoms with Crippen molar-refractivity contribution in [3.8, 4) is 0 Å². The van der Waals surface area contributed by atoms with Gasteiger partial charge in [0.15, 0.2) is 0 Å². The number of rotatable bonds is 4. The van der Waals surface area contributed by atoms with Gasteiger partial charge in [0.2, 0.25) is 0 Å². The lowest BCUT2D eigenvalue weighted by molar-refractivity contribution is 0.237. The third-order valence-corrected chi connectivity index (χ3v) is 3.34. The van der Waals surface area contributed by atoms with Gasteiger partial charge in [-0.25, -0.2) is 14.8 Å². The van der Waals surface area contributed by atoms with Crippen LogP contribution in [0.2, 0.25) is 0 Å². The summed E-state index contributed by atoms with van der Waals surface area (Å²) in [6, 6.07) is 3.25. The predicted molar refractivity (Wildman–Crippen MR) is 82.5 cm³/mol. The van der Waals surface area contributed by atoms with Gasteiger partial charge < -0.3 is 10.6 Å². The number of aryl methyl sites for hydroxylation is 1. The molecule has 0 fully saturated rings. The summed E-state index contributed by atoms with van der Waals surface area (Å²) >= 11 is 3.27. The standard InChI is InChI=1S/C14H16BrN5O/c1-9-11(4-3-5-16-9)6-19-14(21)20-10(2)13-17-7-12(15)8-18-13/h3-5,7-8,10H,6H2,1-2H3,(H2,19,20,21). The first kappa shape index (κ1) is 15.4. The van der Waals surface area contributed by atoms with Crippen LogP contribution >= 0.6 is 15.9 Å². The summed E-state index contributed by atoms with van der Waals surface area (Å²) in [5.41, 5.74) is 1.89. The lowest BCUT2D eigenvalue weighted by Gasteiger charge is -2.13. The van der Waals surface area contributed by atoms with Crippen molar-refractivity contribution in [3.05, 3.63) is 52.3 Å². The fourth-order valence-corrected chi connectivity index (χ4v) is 1.94. The van der Waals surface area contributed by atoms with E-state index in [9.17, 15) is 4.79 Å². The van der Waals surface area contributed by atoms with E-state index < -0.39 is 0 Å². The zero-order valence-electron chi connectivity index (χ0n) is 11.8. The Hall–Kier alpha value is -2.02. The van der Waals surface area contributed by atoms with Gasteiger partial charge >= 0.3 is 6.03 Å². The van der Waals surface area contributed by atoms with Crippen LogP contribution in [0.5, 0.6) is 0 Å². The Morgan fingerprint density at radius 2 is 2.05 bits per heavy atom. The van der Waals surface area contributed by atoms with Crippen LogP contribution in [0.4, 0.5) is 4.79 Å². The smallest absolute Gasteiger partial charge is 0.315 e. The van der Waals surface area contributed by atoms with E-state index in [0.29, 0.717) is 12.4 Å². The number of amides is 2. The maximum Gasteiger partial charge on any atom is 0.315 e. The number of hydrogen-bond acceptors (Lipinski definition) is 4. The number of aromatic nitrogens is 3. The van der Waals surface area contributed by atoms with Crippen LogP contribution in [0.25, 0.3) is 0 Å². The van der Waals surface area contributed by atoms with E-state index in [4.69, 9.17) is 0 Å². The average Bonchev–Trinajstić information content (AvgIpc) is 2.47. The summed E-state index contributed by atoms with van der Waals surface area (Å²) in [7, 11) is 0. The van der Waals surface area contributed by atoms with Crippen LogP contribution in [0.1, 0.15) is 30.0 Å². The van der Waals surface area contributed by atoms with Gasteiger partial charge in [0.05, 0.1) is 10.5 Å². The maximum absolute atomic E-state index is 11.9. The third-order valence-electron chi connectivity index (χ3n) is 2.93. The van der Waals surface area contributed by atoms with Crippen LogP contribution in [0.15, 0.2) is 35.2 Å². The minimum absolute atomic E-state index is 0.266. The summed E-state index contributed by atoms with van der Waals surface area (Å²) in [5, 5.41) is 5.59. The molecule has 2 N–H and O–H groups in total. The first-order chi connectivity index (χ1) is 10.1. The molecule has 1 unspecified atom stereocenters. The SMILES string of the molecule is Cc1ncccc1CNC(=O)NC(C)c1ncc(Br)cn1. The molecule has 0 saturated heterocycles. The average molecular weight is 350 g/mol. The van der Waals surface area contributed by atoms with Gasteiger partial charge in [0.25, 0.3) is 0 Å². The quantitative estimate of drug-likeness (QED) is 0.888. The van der Waals surface area contributed by atoms with Gasteiger partial charge in [0, 0.05) is 30.8 Å². The molecule has 21 heavy (non-hydrogen) atoms. The number of carbonyl (C=O) groups is 1. The summed E-state index contributed by atoms with van der Waals surface area (Å²) in [6.07, 6.45) is 5.03. The van der Waals surface area contributed by atoms with Gasteiger partial charge in [0.1, 0.15) is 5.82 Å². The van der Waals surface area contributed by atoms with Crippen LogP contribution < -0.4 is 10.6 Å². The van der Waals surface area contributed by atoms with Crippen molar-refractivity contribution in [2.75, 3.05) is 0 Å². The minimum Gasteiger partial charge on any atom is -0.334 e. The van der Waals surface area contributed by atoms with Crippen molar-refractivity contribution in [1.82, 2.24) is 25.6 Å². The molecule has 2 rings (SSSR count). The summed E-state index contributed by atoms with van der Waals surface area (Å²) in [5.74, 6) is 0.561. The van der Waals surface area contributed by atoms with Crippen molar-refractivity contribution in [3.63, 3.8) is 0 Å². The zero-order chi connectivity index (χ0) is 15.2. The fourth-order valence-electron chi connectivity index (χ4n) is 1.74. The first-order valence-corrected chi connectivity index (χ1v) is 7.28. The lowest BCUT2D eigenvalue weighted by Crippen LogP contribution is -2.37. The van der Waals surface area contributed by atoms with Crippen molar-refractivity contribution in [2.45, 2.75) is 26.4 Å². The number of hydrogen-bond donors (Lipinski definition) is 2. The van der Waals surface area contributed by atoms with Crippen molar-refractivity contribution < 1.29 is 4.79 Å². The molecule has 7 heteroatoms. The molecular weight excluding hydrogens is 334 g/mol. The molecule has 0 aliphatic heterocycles. The highest BCUT2D eigenvalue weighted by Crippen LogP contribution is 2.10. The Labute approximate surface area is 131 Å². The first-order valence-electron chi connectivity index (χ1n) is 6.48. The molecule has 0 spiro atoms. The molecule has 0 bridgehead atoms. The molecule has 6 nitrogen and oxygen atoms in total. The van der Waals surface area contributed by atoms with Crippen molar-refractivity contribution in [2.24, 2.45) is 0 Å². The molecule has 2 aromatic heterocycles. The number of halogens is 1. The van der Waals surface area contributed by atoms with E-state index in [0.717, 1.165) is 15.7 Å². The van der Waals surface area contributed by atoms with Crippen LogP contribution in [0, 0.1) is 6.92 Å². The number of pyridine rings is 1. The molecule has 1 atom stereocenters. The Morgan fingerprint density at radius 1 is 1.33 bits per heavy atom. The minimum atomic E-state index is -0.270. The molecule has 0 aromatic carbocycles. The van der Waals surface area contributed by atoms with Crippen molar-refractivity contribution in [1.29, 1.82) is 0 Å². The van der Waals surface area contributed by atoms with E-state index >= 15 is 0 Å². The highest BCUT2D eigenvalue weighted by Gasteiger charge is 2.11. The van der Waals surface area contributed by atoms with E-state index in [2.05, 4.69) is 41.5 Å². The number of carbonyl (C=O) groups excluding carboxylic acids is 1. The topological polar surface area (TPSA) is 79.8 Å². The van der Waals surface area contributed by atoms with E-state index in [-0.39, 0.29) is 12.1 Å². The maximum atomic E-state index is 11.9. The van der Waals surface area contributed by atoms with Crippen LogP contribution in [-0.2, 0) is 6.54 Å². The molecule has 0 aliphatic rings. The van der Waals surface area contributed by atoms with Gasteiger partial charge in [-0.3, -0.25) is 4.98 Å². The highest BCUT2D eigenvalue weighted by molar-refractivity contribution is 9.10. The number of nitrogens with one attached hydrogen (secondary N) is 2. The summed E-state index contributed by atoms with van der Waals surface area (Å²) in [4.78, 5) is 24.4. The van der Waals surface area contributed by atoms with E-state index in [1.54, 1.807) is 18.6 Å². The van der Waals surface area contributed by atoms with Crippen LogP contribution in [-0.4, -0.2) is 21.0 Å². The third kappa shape index (κ3) is 4.49. The molecule has 0 radical (unpaired) electrons. The normalized spacial score (nSPS) is 11.8. The zero-order valence-corrected chi connectivity index (χ0v) is 13.4. The van der Waals surface area contributed by atoms with Gasteiger partial charge in [-0.05, 0) is 41.4 Å². The Balaban J connectivity index is 1.87. The second kappa shape index (κ2) is 7.12. The lowest BCUT2D eigenvalue weighted by atomic mass is 10.2. The largest absolute Gasteiger partial charge is 0.334 e. The molecule has 0 aliphatic carbocycles. The Bertz CT molecular complexity index is 617. The molecule has 2 aromatic rings. The summed E-state index contributed by atoms with van der Waals surface area (Å²) < 4.78 is 0.801. The van der Waals surface area contributed by atoms with E-state index in [1.807, 2.05) is 26.0 Å².